The summed E-state index contributed by atoms with van der Waals surface area (Å²) in [6, 6.07) is 6.53. The van der Waals surface area contributed by atoms with Crippen molar-refractivity contribution >= 4 is 16.9 Å². The minimum absolute atomic E-state index is 0.00590. The zero-order chi connectivity index (χ0) is 16.2. The van der Waals surface area contributed by atoms with Gasteiger partial charge >= 0.3 is 0 Å². The van der Waals surface area contributed by atoms with Gasteiger partial charge in [-0.1, -0.05) is 23.2 Å². The number of rotatable bonds is 5. The molecule has 1 aromatic carbocycles. The Morgan fingerprint density at radius 1 is 1.43 bits per heavy atom. The van der Waals surface area contributed by atoms with Gasteiger partial charge in [-0.3, -0.25) is 9.69 Å². The van der Waals surface area contributed by atoms with Gasteiger partial charge in [0, 0.05) is 24.5 Å². The van der Waals surface area contributed by atoms with Crippen molar-refractivity contribution in [3.63, 3.8) is 0 Å². The van der Waals surface area contributed by atoms with Crippen LogP contribution in [0.3, 0.4) is 0 Å². The third-order valence-electron chi connectivity index (χ3n) is 4.69. The number of likely N-dealkylation sites (tertiary alicyclic amines) is 1. The molecule has 23 heavy (non-hydrogen) atoms. The molecule has 5 nitrogen and oxygen atoms in total. The molecule has 1 N–H and O–H groups in total. The molecule has 1 aromatic heterocycles. The first-order chi connectivity index (χ1) is 11.1. The van der Waals surface area contributed by atoms with Crippen LogP contribution in [-0.4, -0.2) is 41.6 Å². The Balaban J connectivity index is 1.51. The smallest absolute Gasteiger partial charge is 0.226 e. The monoisotopic (exact) mass is 315 g/mol. The molecule has 0 unspecified atom stereocenters. The summed E-state index contributed by atoms with van der Waals surface area (Å²) in [5.74, 6) is 0.00590. The fraction of sp³-hybridized carbons (Fsp3) is 0.556. The lowest BCUT2D eigenvalue weighted by Crippen LogP contribution is -2.42. The summed E-state index contributed by atoms with van der Waals surface area (Å²) in [6.45, 7) is 7.05. The van der Waals surface area contributed by atoms with Crippen molar-refractivity contribution in [1.29, 1.82) is 0 Å². The number of amides is 1. The van der Waals surface area contributed by atoms with Crippen LogP contribution in [0.1, 0.15) is 37.4 Å². The van der Waals surface area contributed by atoms with Gasteiger partial charge in [-0.25, -0.2) is 0 Å². The molecule has 2 heterocycles. The molecule has 0 aliphatic carbocycles. The van der Waals surface area contributed by atoms with Crippen LogP contribution in [0.25, 0.3) is 11.0 Å². The average molecular weight is 315 g/mol. The van der Waals surface area contributed by atoms with E-state index in [0.717, 1.165) is 29.6 Å². The Bertz CT molecular complexity index is 680. The largest absolute Gasteiger partial charge is 0.356 e. The molecular formula is C18H25N3O2. The van der Waals surface area contributed by atoms with Crippen molar-refractivity contribution in [3.8, 4) is 0 Å². The van der Waals surface area contributed by atoms with E-state index in [1.807, 2.05) is 25.1 Å². The van der Waals surface area contributed by atoms with Gasteiger partial charge in [0.25, 0.3) is 0 Å². The number of fused-ring (bicyclic) bond motifs is 1. The van der Waals surface area contributed by atoms with Crippen molar-refractivity contribution in [2.75, 3.05) is 19.6 Å². The first-order valence-corrected chi connectivity index (χ1v) is 8.49. The minimum atomic E-state index is 0.00590. The number of carbonyl (C=O) groups excluding carboxylic acids is 1. The van der Waals surface area contributed by atoms with E-state index in [4.69, 9.17) is 4.52 Å². The van der Waals surface area contributed by atoms with E-state index in [-0.39, 0.29) is 12.3 Å². The van der Waals surface area contributed by atoms with Gasteiger partial charge in [0.2, 0.25) is 5.91 Å². The summed E-state index contributed by atoms with van der Waals surface area (Å²) >= 11 is 0. The van der Waals surface area contributed by atoms with Crippen molar-refractivity contribution in [2.45, 2.75) is 45.6 Å². The summed E-state index contributed by atoms with van der Waals surface area (Å²) < 4.78 is 5.28. The third-order valence-corrected chi connectivity index (χ3v) is 4.69. The predicted octanol–water partition coefficient (Wildman–Crippen LogP) is 2.67. The highest BCUT2D eigenvalue weighted by atomic mass is 16.5. The molecule has 0 spiro atoms. The molecule has 1 atom stereocenters. The van der Waals surface area contributed by atoms with E-state index in [2.05, 4.69) is 22.3 Å². The number of hydrogen-bond donors (Lipinski definition) is 1. The van der Waals surface area contributed by atoms with E-state index >= 15 is 0 Å². The number of aromatic nitrogens is 1. The van der Waals surface area contributed by atoms with Gasteiger partial charge in [-0.2, -0.15) is 0 Å². The van der Waals surface area contributed by atoms with Gasteiger partial charge in [-0.15, -0.1) is 0 Å². The van der Waals surface area contributed by atoms with Crippen molar-refractivity contribution in [3.05, 3.63) is 29.5 Å². The third kappa shape index (κ3) is 3.91. The molecule has 0 radical (unpaired) electrons. The molecule has 1 fully saturated rings. The highest BCUT2D eigenvalue weighted by Gasteiger charge is 2.18. The van der Waals surface area contributed by atoms with Crippen LogP contribution in [0.4, 0.5) is 0 Å². The van der Waals surface area contributed by atoms with E-state index in [1.54, 1.807) is 0 Å². The Hall–Kier alpha value is -1.88. The number of aryl methyl sites for hydroxylation is 1. The summed E-state index contributed by atoms with van der Waals surface area (Å²) in [5.41, 5.74) is 2.59. The number of hydrogen-bond acceptors (Lipinski definition) is 4. The standard InChI is InChI=1S/C18H25N3O2/c1-13-6-7-17-15(11-13)16(20-23-17)12-18(22)19-8-10-21-9-4-3-5-14(21)2/h6-7,11,14H,3-5,8-10,12H2,1-2H3,(H,19,22)/t14-/m1/s1. The van der Waals surface area contributed by atoms with Crippen molar-refractivity contribution < 1.29 is 9.32 Å². The lowest BCUT2D eigenvalue weighted by molar-refractivity contribution is -0.120. The molecule has 2 aromatic rings. The molecule has 1 aliphatic heterocycles. The van der Waals surface area contributed by atoms with Crippen LogP contribution in [0.5, 0.6) is 0 Å². The Labute approximate surface area is 137 Å². The van der Waals surface area contributed by atoms with E-state index in [9.17, 15) is 4.79 Å². The fourth-order valence-corrected chi connectivity index (χ4v) is 3.27. The Morgan fingerprint density at radius 2 is 2.30 bits per heavy atom. The maximum atomic E-state index is 12.2. The molecule has 124 valence electrons. The molecule has 3 rings (SSSR count). The summed E-state index contributed by atoms with van der Waals surface area (Å²) in [6.07, 6.45) is 4.12. The fourth-order valence-electron chi connectivity index (χ4n) is 3.27. The molecule has 1 amide bonds. The molecule has 5 heteroatoms. The van der Waals surface area contributed by atoms with Crippen LogP contribution in [-0.2, 0) is 11.2 Å². The van der Waals surface area contributed by atoms with Gasteiger partial charge in [0.15, 0.2) is 5.58 Å². The number of nitrogens with one attached hydrogen (secondary N) is 1. The number of carbonyl (C=O) groups is 1. The predicted molar refractivity (Wildman–Crippen MR) is 90.3 cm³/mol. The zero-order valence-electron chi connectivity index (χ0n) is 14.0. The van der Waals surface area contributed by atoms with Crippen LogP contribution in [0.2, 0.25) is 0 Å². The minimum Gasteiger partial charge on any atom is -0.356 e. The van der Waals surface area contributed by atoms with E-state index in [0.29, 0.717) is 18.3 Å². The second-order valence-corrected chi connectivity index (χ2v) is 6.54. The second kappa shape index (κ2) is 7.13. The highest BCUT2D eigenvalue weighted by molar-refractivity contribution is 5.86. The molecular weight excluding hydrogens is 290 g/mol. The topological polar surface area (TPSA) is 58.4 Å². The van der Waals surface area contributed by atoms with E-state index < -0.39 is 0 Å². The van der Waals surface area contributed by atoms with Gasteiger partial charge in [0.05, 0.1) is 6.42 Å². The highest BCUT2D eigenvalue weighted by Crippen LogP contribution is 2.20. The van der Waals surface area contributed by atoms with Gasteiger partial charge in [0.1, 0.15) is 5.69 Å². The zero-order valence-corrected chi connectivity index (χ0v) is 14.0. The summed E-state index contributed by atoms with van der Waals surface area (Å²) in [5, 5.41) is 7.98. The maximum absolute atomic E-state index is 12.2. The first-order valence-electron chi connectivity index (χ1n) is 8.49. The normalized spacial score (nSPS) is 19.1. The second-order valence-electron chi connectivity index (χ2n) is 6.54. The summed E-state index contributed by atoms with van der Waals surface area (Å²) in [4.78, 5) is 14.6. The molecule has 1 saturated heterocycles. The first kappa shape index (κ1) is 16.0. The van der Waals surface area contributed by atoms with Crippen LogP contribution < -0.4 is 5.32 Å². The average Bonchev–Trinajstić information content (AvgIpc) is 2.91. The Kier molecular flexibility index (Phi) is 4.96. The van der Waals surface area contributed by atoms with E-state index in [1.165, 1.54) is 19.3 Å². The van der Waals surface area contributed by atoms with Crippen LogP contribution >= 0.6 is 0 Å². The van der Waals surface area contributed by atoms with Gasteiger partial charge in [-0.05, 0) is 45.4 Å². The quantitative estimate of drug-likeness (QED) is 0.921. The number of nitrogens with zero attached hydrogens (tertiary/aromatic N) is 2. The van der Waals surface area contributed by atoms with Crippen LogP contribution in [0, 0.1) is 6.92 Å². The SMILES string of the molecule is Cc1ccc2onc(CC(=O)NCCN3CCCC[C@H]3C)c2c1. The summed E-state index contributed by atoms with van der Waals surface area (Å²) in [7, 11) is 0. The van der Waals surface area contributed by atoms with Crippen molar-refractivity contribution in [1.82, 2.24) is 15.4 Å². The van der Waals surface area contributed by atoms with Crippen molar-refractivity contribution in [2.24, 2.45) is 0 Å². The molecule has 0 saturated carbocycles. The Morgan fingerprint density at radius 3 is 3.13 bits per heavy atom. The number of piperidine rings is 1. The lowest BCUT2D eigenvalue weighted by Gasteiger charge is -2.33. The van der Waals surface area contributed by atoms with Crippen LogP contribution in [0.15, 0.2) is 22.7 Å². The lowest BCUT2D eigenvalue weighted by atomic mass is 10.0. The molecule has 1 aliphatic rings. The van der Waals surface area contributed by atoms with Gasteiger partial charge < -0.3 is 9.84 Å². The molecule has 0 bridgehead atoms. The maximum Gasteiger partial charge on any atom is 0.226 e. The number of benzene rings is 1.